The van der Waals surface area contributed by atoms with Gasteiger partial charge >= 0.3 is 0 Å². The average molecular weight is 363 g/mol. The third-order valence-corrected chi connectivity index (χ3v) is 5.54. The molecular weight excluding hydrogens is 342 g/mol. The summed E-state index contributed by atoms with van der Waals surface area (Å²) < 4.78 is 13.2. The van der Waals surface area contributed by atoms with E-state index >= 15 is 0 Å². The summed E-state index contributed by atoms with van der Waals surface area (Å²) in [5.74, 6) is 2.47. The number of benzene rings is 2. The first-order chi connectivity index (χ1) is 12.8. The van der Waals surface area contributed by atoms with E-state index in [0.29, 0.717) is 12.5 Å². The van der Waals surface area contributed by atoms with E-state index in [-0.39, 0.29) is 0 Å². The molecule has 0 amide bonds. The standard InChI is InChI=1S/C22H21NO2S/c1-3-16-9-10-20(18-12-14-26-21(16)18)24-13-11-19-15(2)25-22(23-19)17-7-5-4-6-8-17/h4-10,12,14H,3,11,13H2,1-2H3. The van der Waals surface area contributed by atoms with Crippen molar-refractivity contribution in [2.75, 3.05) is 6.61 Å². The number of ether oxygens (including phenoxy) is 1. The van der Waals surface area contributed by atoms with Crippen molar-refractivity contribution in [1.82, 2.24) is 4.98 Å². The molecule has 132 valence electrons. The van der Waals surface area contributed by atoms with E-state index in [1.807, 2.05) is 37.3 Å². The zero-order valence-corrected chi connectivity index (χ0v) is 15.8. The molecule has 4 rings (SSSR count). The van der Waals surface area contributed by atoms with Crippen molar-refractivity contribution in [3.05, 3.63) is 70.9 Å². The largest absolute Gasteiger partial charge is 0.493 e. The zero-order valence-electron chi connectivity index (χ0n) is 15.0. The van der Waals surface area contributed by atoms with Crippen LogP contribution in [0.4, 0.5) is 0 Å². The molecule has 0 saturated heterocycles. The van der Waals surface area contributed by atoms with Gasteiger partial charge in [-0.1, -0.05) is 31.2 Å². The van der Waals surface area contributed by atoms with Gasteiger partial charge in [0.25, 0.3) is 0 Å². The van der Waals surface area contributed by atoms with Crippen LogP contribution in [0, 0.1) is 6.92 Å². The normalized spacial score (nSPS) is 11.2. The fourth-order valence-electron chi connectivity index (χ4n) is 3.12. The Balaban J connectivity index is 1.47. The van der Waals surface area contributed by atoms with Crippen molar-refractivity contribution in [1.29, 1.82) is 0 Å². The van der Waals surface area contributed by atoms with Gasteiger partial charge in [-0.3, -0.25) is 0 Å². The molecule has 0 atom stereocenters. The molecule has 0 N–H and O–H groups in total. The van der Waals surface area contributed by atoms with Crippen LogP contribution in [0.15, 0.2) is 58.3 Å². The molecule has 3 nitrogen and oxygen atoms in total. The lowest BCUT2D eigenvalue weighted by Crippen LogP contribution is -2.03. The summed E-state index contributed by atoms with van der Waals surface area (Å²) in [5, 5.41) is 3.33. The van der Waals surface area contributed by atoms with E-state index in [4.69, 9.17) is 9.15 Å². The minimum Gasteiger partial charge on any atom is -0.493 e. The first-order valence-electron chi connectivity index (χ1n) is 8.90. The van der Waals surface area contributed by atoms with Gasteiger partial charge in [-0.25, -0.2) is 4.98 Å². The van der Waals surface area contributed by atoms with E-state index in [0.717, 1.165) is 35.6 Å². The number of hydrogen-bond acceptors (Lipinski definition) is 4. The summed E-state index contributed by atoms with van der Waals surface area (Å²) in [6, 6.07) is 16.4. The lowest BCUT2D eigenvalue weighted by molar-refractivity contribution is 0.323. The Labute approximate surface area is 157 Å². The number of hydrogen-bond donors (Lipinski definition) is 0. The van der Waals surface area contributed by atoms with E-state index in [9.17, 15) is 0 Å². The Hall–Kier alpha value is -2.59. The first-order valence-corrected chi connectivity index (χ1v) is 9.78. The van der Waals surface area contributed by atoms with E-state index in [1.54, 1.807) is 11.3 Å². The predicted molar refractivity (Wildman–Crippen MR) is 107 cm³/mol. The van der Waals surface area contributed by atoms with Crippen LogP contribution >= 0.6 is 11.3 Å². The van der Waals surface area contributed by atoms with Crippen LogP contribution in [0.25, 0.3) is 21.5 Å². The Kier molecular flexibility index (Phi) is 4.76. The van der Waals surface area contributed by atoms with Crippen LogP contribution in [0.1, 0.15) is 23.9 Å². The quantitative estimate of drug-likeness (QED) is 0.418. The van der Waals surface area contributed by atoms with Crippen LogP contribution in [0.2, 0.25) is 0 Å². The molecule has 0 saturated carbocycles. The van der Waals surface area contributed by atoms with Crippen molar-refractivity contribution >= 4 is 21.4 Å². The molecule has 2 aromatic heterocycles. The fraction of sp³-hybridized carbons (Fsp3) is 0.227. The summed E-state index contributed by atoms with van der Waals surface area (Å²) in [7, 11) is 0. The number of fused-ring (bicyclic) bond motifs is 1. The van der Waals surface area contributed by atoms with Crippen molar-refractivity contribution in [2.24, 2.45) is 0 Å². The van der Waals surface area contributed by atoms with Gasteiger partial charge in [0.15, 0.2) is 0 Å². The third kappa shape index (κ3) is 3.25. The maximum atomic E-state index is 6.08. The van der Waals surface area contributed by atoms with Crippen molar-refractivity contribution in [2.45, 2.75) is 26.7 Å². The van der Waals surface area contributed by atoms with Crippen molar-refractivity contribution in [3.8, 4) is 17.2 Å². The maximum Gasteiger partial charge on any atom is 0.226 e. The number of rotatable bonds is 6. The minimum atomic E-state index is 0.581. The van der Waals surface area contributed by atoms with Gasteiger partial charge in [0.1, 0.15) is 11.5 Å². The second kappa shape index (κ2) is 7.34. The van der Waals surface area contributed by atoms with Crippen molar-refractivity contribution < 1.29 is 9.15 Å². The summed E-state index contributed by atoms with van der Waals surface area (Å²) in [5.41, 5.74) is 3.33. The summed E-state index contributed by atoms with van der Waals surface area (Å²) >= 11 is 1.78. The molecular formula is C22H21NO2S. The SMILES string of the molecule is CCc1ccc(OCCc2nc(-c3ccccc3)oc2C)c2ccsc12. The zero-order chi connectivity index (χ0) is 17.9. The number of oxazole rings is 1. The average Bonchev–Trinajstić information content (AvgIpc) is 3.30. The predicted octanol–water partition coefficient (Wildman–Crippen LogP) is 6.05. The van der Waals surface area contributed by atoms with Gasteiger partial charge in [0, 0.05) is 22.1 Å². The van der Waals surface area contributed by atoms with Crippen LogP contribution in [-0.2, 0) is 12.8 Å². The van der Waals surface area contributed by atoms with Crippen LogP contribution in [0.3, 0.4) is 0 Å². The smallest absolute Gasteiger partial charge is 0.226 e. The summed E-state index contributed by atoms with van der Waals surface area (Å²) in [4.78, 5) is 4.65. The van der Waals surface area contributed by atoms with Crippen LogP contribution in [-0.4, -0.2) is 11.6 Å². The van der Waals surface area contributed by atoms with Gasteiger partial charge in [0.2, 0.25) is 5.89 Å². The second-order valence-electron chi connectivity index (χ2n) is 6.23. The van der Waals surface area contributed by atoms with E-state index in [2.05, 4.69) is 35.5 Å². The molecule has 0 spiro atoms. The third-order valence-electron chi connectivity index (χ3n) is 4.55. The Morgan fingerprint density at radius 1 is 1.08 bits per heavy atom. The monoisotopic (exact) mass is 363 g/mol. The Morgan fingerprint density at radius 2 is 1.92 bits per heavy atom. The van der Waals surface area contributed by atoms with Gasteiger partial charge in [0.05, 0.1) is 12.3 Å². The molecule has 26 heavy (non-hydrogen) atoms. The molecule has 4 heteroatoms. The molecule has 4 aromatic rings. The fourth-order valence-corrected chi connectivity index (χ4v) is 4.12. The first kappa shape index (κ1) is 16.9. The Morgan fingerprint density at radius 3 is 2.73 bits per heavy atom. The molecule has 0 aliphatic carbocycles. The highest BCUT2D eigenvalue weighted by atomic mass is 32.1. The van der Waals surface area contributed by atoms with Gasteiger partial charge in [-0.05, 0) is 48.6 Å². The molecule has 2 aromatic carbocycles. The van der Waals surface area contributed by atoms with Gasteiger partial charge < -0.3 is 9.15 Å². The number of thiophene rings is 1. The van der Waals surface area contributed by atoms with E-state index < -0.39 is 0 Å². The molecule has 0 aliphatic heterocycles. The second-order valence-corrected chi connectivity index (χ2v) is 7.14. The molecule has 0 radical (unpaired) electrons. The summed E-state index contributed by atoms with van der Waals surface area (Å²) in [6.07, 6.45) is 1.76. The Bertz CT molecular complexity index is 1020. The number of aromatic nitrogens is 1. The van der Waals surface area contributed by atoms with E-state index in [1.165, 1.54) is 15.6 Å². The molecule has 2 heterocycles. The highest BCUT2D eigenvalue weighted by Gasteiger charge is 2.12. The highest BCUT2D eigenvalue weighted by molar-refractivity contribution is 7.17. The molecule has 0 fully saturated rings. The van der Waals surface area contributed by atoms with Gasteiger partial charge in [-0.15, -0.1) is 11.3 Å². The molecule has 0 unspecified atom stereocenters. The van der Waals surface area contributed by atoms with Crippen LogP contribution < -0.4 is 4.74 Å². The number of aryl methyl sites for hydroxylation is 2. The lowest BCUT2D eigenvalue weighted by atomic mass is 10.1. The highest BCUT2D eigenvalue weighted by Crippen LogP contribution is 2.33. The molecule has 0 aliphatic rings. The minimum absolute atomic E-state index is 0.581. The van der Waals surface area contributed by atoms with Gasteiger partial charge in [-0.2, -0.15) is 0 Å². The summed E-state index contributed by atoms with van der Waals surface area (Å²) in [6.45, 7) is 4.73. The molecule has 0 bridgehead atoms. The van der Waals surface area contributed by atoms with Crippen molar-refractivity contribution in [3.63, 3.8) is 0 Å². The van der Waals surface area contributed by atoms with Crippen LogP contribution in [0.5, 0.6) is 5.75 Å². The number of nitrogens with zero attached hydrogens (tertiary/aromatic N) is 1. The maximum absolute atomic E-state index is 6.08. The lowest BCUT2D eigenvalue weighted by Gasteiger charge is -2.08. The topological polar surface area (TPSA) is 35.3 Å².